The molecule has 2 rings (SSSR count). The topological polar surface area (TPSA) is 54.0 Å². The molecule has 0 heterocycles. The number of hydrogen-bond donors (Lipinski definition) is 0. The molecule has 0 atom stereocenters. The van der Waals surface area contributed by atoms with E-state index in [-0.39, 0.29) is 0 Å². The zero-order valence-electron chi connectivity index (χ0n) is 12.8. The highest BCUT2D eigenvalue weighted by Gasteiger charge is 2.16. The van der Waals surface area contributed by atoms with E-state index in [4.69, 9.17) is 18.9 Å². The van der Waals surface area contributed by atoms with Gasteiger partial charge in [0.25, 0.3) is 0 Å². The minimum absolute atomic E-state index is 0.314. The molecule has 0 aliphatic carbocycles. The lowest BCUT2D eigenvalue weighted by Gasteiger charge is -2.14. The molecule has 0 amide bonds. The molecule has 0 unspecified atom stereocenters. The molecule has 0 aromatic heterocycles. The zero-order chi connectivity index (χ0) is 16.1. The van der Waals surface area contributed by atoms with E-state index in [0.717, 1.165) is 10.8 Å². The summed E-state index contributed by atoms with van der Waals surface area (Å²) in [5.41, 5.74) is 0.393. The maximum Gasteiger partial charge on any atom is 0.338 e. The van der Waals surface area contributed by atoms with Gasteiger partial charge in [0.2, 0.25) is 0 Å². The zero-order valence-corrected chi connectivity index (χ0v) is 12.8. The molecule has 0 fully saturated rings. The van der Waals surface area contributed by atoms with Gasteiger partial charge in [0.05, 0.1) is 32.3 Å². The molecule has 0 bridgehead atoms. The average molecular weight is 302 g/mol. The number of carbonyl (C=O) groups is 1. The molecule has 0 radical (unpaired) electrons. The number of rotatable bonds is 6. The highest BCUT2D eigenvalue weighted by molar-refractivity contribution is 6.01. The highest BCUT2D eigenvalue weighted by atomic mass is 16.5. The molecule has 5 nitrogen and oxygen atoms in total. The smallest absolute Gasteiger partial charge is 0.338 e. The van der Waals surface area contributed by atoms with Crippen molar-refractivity contribution in [3.8, 4) is 17.2 Å². The van der Waals surface area contributed by atoms with Crippen molar-refractivity contribution >= 4 is 16.7 Å². The lowest BCUT2D eigenvalue weighted by Crippen LogP contribution is -2.03. The van der Waals surface area contributed by atoms with Crippen LogP contribution in [0, 0.1) is 0 Å². The van der Waals surface area contributed by atoms with Crippen molar-refractivity contribution < 1.29 is 23.7 Å². The SMILES string of the molecule is C=CCOc1cc(C(=O)OC)cc2cc(OC)cc(OC)c12. The van der Waals surface area contributed by atoms with Crippen LogP contribution in [0.4, 0.5) is 0 Å². The first kappa shape index (κ1) is 15.7. The summed E-state index contributed by atoms with van der Waals surface area (Å²) in [5, 5.41) is 1.52. The Kier molecular flexibility index (Phi) is 4.88. The van der Waals surface area contributed by atoms with Crippen LogP contribution in [-0.4, -0.2) is 33.9 Å². The molecule has 0 N–H and O–H groups in total. The fourth-order valence-electron chi connectivity index (χ4n) is 2.19. The molecule has 22 heavy (non-hydrogen) atoms. The van der Waals surface area contributed by atoms with Crippen LogP contribution in [0.5, 0.6) is 17.2 Å². The van der Waals surface area contributed by atoms with E-state index >= 15 is 0 Å². The lowest BCUT2D eigenvalue weighted by atomic mass is 10.0. The largest absolute Gasteiger partial charge is 0.497 e. The number of methoxy groups -OCH3 is 3. The van der Waals surface area contributed by atoms with Gasteiger partial charge in [-0.15, -0.1) is 0 Å². The normalized spacial score (nSPS) is 10.1. The number of carbonyl (C=O) groups excluding carboxylic acids is 1. The third kappa shape index (κ3) is 2.98. The summed E-state index contributed by atoms with van der Waals surface area (Å²) in [5.74, 6) is 1.32. The number of esters is 1. The van der Waals surface area contributed by atoms with Crippen molar-refractivity contribution in [2.45, 2.75) is 0 Å². The third-order valence-electron chi connectivity index (χ3n) is 3.18. The van der Waals surface area contributed by atoms with Crippen LogP contribution < -0.4 is 14.2 Å². The number of ether oxygens (including phenoxy) is 4. The molecular weight excluding hydrogens is 284 g/mol. The van der Waals surface area contributed by atoms with E-state index in [1.54, 1.807) is 38.5 Å². The summed E-state index contributed by atoms with van der Waals surface area (Å²) < 4.78 is 21.1. The van der Waals surface area contributed by atoms with Crippen molar-refractivity contribution in [1.29, 1.82) is 0 Å². The monoisotopic (exact) mass is 302 g/mol. The van der Waals surface area contributed by atoms with Crippen molar-refractivity contribution in [3.05, 3.63) is 42.5 Å². The van der Waals surface area contributed by atoms with E-state index in [9.17, 15) is 4.79 Å². The summed E-state index contributed by atoms with van der Waals surface area (Å²) in [7, 11) is 4.47. The van der Waals surface area contributed by atoms with Gasteiger partial charge in [0, 0.05) is 6.07 Å². The first-order valence-corrected chi connectivity index (χ1v) is 6.66. The Morgan fingerprint density at radius 1 is 1.09 bits per heavy atom. The van der Waals surface area contributed by atoms with Gasteiger partial charge in [0.15, 0.2) is 0 Å². The minimum atomic E-state index is -0.438. The van der Waals surface area contributed by atoms with Crippen LogP contribution in [0.1, 0.15) is 10.4 Å². The van der Waals surface area contributed by atoms with Crippen molar-refractivity contribution in [3.63, 3.8) is 0 Å². The van der Waals surface area contributed by atoms with Gasteiger partial charge in [-0.3, -0.25) is 0 Å². The summed E-state index contributed by atoms with van der Waals surface area (Å²) in [6.07, 6.45) is 1.63. The summed E-state index contributed by atoms with van der Waals surface area (Å²) in [6.45, 7) is 3.95. The van der Waals surface area contributed by atoms with Crippen LogP contribution >= 0.6 is 0 Å². The summed E-state index contributed by atoms with van der Waals surface area (Å²) in [4.78, 5) is 11.8. The number of benzene rings is 2. The predicted molar refractivity (Wildman–Crippen MR) is 84.1 cm³/mol. The molecule has 0 saturated heterocycles. The molecule has 0 saturated carbocycles. The molecular formula is C17H18O5. The Labute approximate surface area is 129 Å². The second-order valence-electron chi connectivity index (χ2n) is 4.49. The van der Waals surface area contributed by atoms with E-state index in [1.807, 2.05) is 6.07 Å². The van der Waals surface area contributed by atoms with Crippen molar-refractivity contribution in [2.24, 2.45) is 0 Å². The lowest BCUT2D eigenvalue weighted by molar-refractivity contribution is 0.0600. The van der Waals surface area contributed by atoms with E-state index in [1.165, 1.54) is 7.11 Å². The molecule has 0 spiro atoms. The second-order valence-corrected chi connectivity index (χ2v) is 4.49. The van der Waals surface area contributed by atoms with Crippen LogP contribution in [0.3, 0.4) is 0 Å². The van der Waals surface area contributed by atoms with Crippen LogP contribution in [0.25, 0.3) is 10.8 Å². The van der Waals surface area contributed by atoms with E-state index in [2.05, 4.69) is 6.58 Å². The molecule has 2 aromatic rings. The average Bonchev–Trinajstić information content (AvgIpc) is 2.57. The number of hydrogen-bond acceptors (Lipinski definition) is 5. The Balaban J connectivity index is 2.74. The van der Waals surface area contributed by atoms with Gasteiger partial charge in [0.1, 0.15) is 23.9 Å². The van der Waals surface area contributed by atoms with Gasteiger partial charge in [-0.05, 0) is 23.6 Å². The van der Waals surface area contributed by atoms with Crippen molar-refractivity contribution in [2.75, 3.05) is 27.9 Å². The van der Waals surface area contributed by atoms with Gasteiger partial charge in [-0.2, -0.15) is 0 Å². The van der Waals surface area contributed by atoms with Crippen molar-refractivity contribution in [1.82, 2.24) is 0 Å². The summed E-state index contributed by atoms with van der Waals surface area (Å²) in [6, 6.07) is 6.92. The third-order valence-corrected chi connectivity index (χ3v) is 3.18. The first-order chi connectivity index (χ1) is 10.6. The Bertz CT molecular complexity index is 706. The molecule has 5 heteroatoms. The van der Waals surface area contributed by atoms with Gasteiger partial charge < -0.3 is 18.9 Å². The first-order valence-electron chi connectivity index (χ1n) is 6.66. The fraction of sp³-hybridized carbons (Fsp3) is 0.235. The molecule has 116 valence electrons. The maximum atomic E-state index is 11.8. The fourth-order valence-corrected chi connectivity index (χ4v) is 2.19. The Morgan fingerprint density at radius 3 is 2.45 bits per heavy atom. The van der Waals surface area contributed by atoms with Crippen LogP contribution in [0.15, 0.2) is 36.9 Å². The van der Waals surface area contributed by atoms with Crippen LogP contribution in [0.2, 0.25) is 0 Å². The number of fused-ring (bicyclic) bond motifs is 1. The Hall–Kier alpha value is -2.69. The quantitative estimate of drug-likeness (QED) is 0.606. The van der Waals surface area contributed by atoms with E-state index in [0.29, 0.717) is 29.4 Å². The van der Waals surface area contributed by atoms with Gasteiger partial charge in [-0.1, -0.05) is 12.7 Å². The van der Waals surface area contributed by atoms with Gasteiger partial charge >= 0.3 is 5.97 Å². The minimum Gasteiger partial charge on any atom is -0.497 e. The van der Waals surface area contributed by atoms with E-state index < -0.39 is 5.97 Å². The predicted octanol–water partition coefficient (Wildman–Crippen LogP) is 3.21. The molecule has 0 aliphatic rings. The molecule has 0 aliphatic heterocycles. The highest BCUT2D eigenvalue weighted by Crippen LogP contribution is 2.38. The van der Waals surface area contributed by atoms with Gasteiger partial charge in [-0.25, -0.2) is 4.79 Å². The van der Waals surface area contributed by atoms with Crippen LogP contribution in [-0.2, 0) is 4.74 Å². The maximum absolute atomic E-state index is 11.8. The Morgan fingerprint density at radius 2 is 1.86 bits per heavy atom. The summed E-state index contributed by atoms with van der Waals surface area (Å²) >= 11 is 0. The second kappa shape index (κ2) is 6.85. The molecule has 2 aromatic carbocycles. The standard InChI is InChI=1S/C17H18O5/c1-5-6-22-15-9-12(17(18)21-4)7-11-8-13(19-2)10-14(20-3)16(11)15/h5,7-10H,1,6H2,2-4H3.